The van der Waals surface area contributed by atoms with E-state index in [1.807, 2.05) is 18.2 Å². The van der Waals surface area contributed by atoms with Gasteiger partial charge < -0.3 is 9.73 Å². The highest BCUT2D eigenvalue weighted by molar-refractivity contribution is 9.10. The van der Waals surface area contributed by atoms with E-state index >= 15 is 0 Å². The van der Waals surface area contributed by atoms with Gasteiger partial charge in [-0.1, -0.05) is 22.0 Å². The summed E-state index contributed by atoms with van der Waals surface area (Å²) < 4.78 is 6.93. The molecule has 96 valence electrons. The molecule has 1 aromatic heterocycles. The van der Waals surface area contributed by atoms with Gasteiger partial charge in [0, 0.05) is 15.9 Å². The smallest absolute Gasteiger partial charge is 0.134 e. The number of rotatable bonds is 5. The molecule has 0 bridgehead atoms. The molecule has 2 nitrogen and oxygen atoms in total. The molecule has 0 fully saturated rings. The predicted octanol–water partition coefficient (Wildman–Crippen LogP) is 4.81. The van der Waals surface area contributed by atoms with Gasteiger partial charge in [-0.2, -0.15) is 0 Å². The lowest BCUT2D eigenvalue weighted by Crippen LogP contribution is -2.28. The highest BCUT2D eigenvalue weighted by atomic mass is 79.9. The van der Waals surface area contributed by atoms with Crippen LogP contribution in [0.1, 0.15) is 32.1 Å². The van der Waals surface area contributed by atoms with Crippen LogP contribution in [-0.2, 0) is 0 Å². The number of nitrogens with one attached hydrogen (secondary N) is 1. The maximum Gasteiger partial charge on any atom is 0.134 e. The predicted molar refractivity (Wildman–Crippen MR) is 79.7 cm³/mol. The summed E-state index contributed by atoms with van der Waals surface area (Å²) in [6, 6.07) is 8.75. The van der Waals surface area contributed by atoms with Gasteiger partial charge in [-0.15, -0.1) is 6.58 Å². The van der Waals surface area contributed by atoms with E-state index < -0.39 is 0 Å². The molecule has 2 aromatic rings. The van der Waals surface area contributed by atoms with Gasteiger partial charge in [-0.05, 0) is 44.5 Å². The summed E-state index contributed by atoms with van der Waals surface area (Å²) in [6.07, 6.45) is 2.89. The first-order chi connectivity index (χ1) is 8.60. The minimum absolute atomic E-state index is 0.200. The van der Waals surface area contributed by atoms with Crippen LogP contribution in [0.4, 0.5) is 0 Å². The van der Waals surface area contributed by atoms with Crippen molar-refractivity contribution in [1.29, 1.82) is 0 Å². The Morgan fingerprint density at radius 2 is 2.17 bits per heavy atom. The molecule has 2 atom stereocenters. The Labute approximate surface area is 116 Å². The Bertz CT molecular complexity index is 546. The van der Waals surface area contributed by atoms with Crippen LogP contribution >= 0.6 is 15.9 Å². The van der Waals surface area contributed by atoms with Gasteiger partial charge in [0.05, 0.1) is 6.04 Å². The molecule has 2 rings (SSSR count). The third-order valence-electron chi connectivity index (χ3n) is 2.98. The van der Waals surface area contributed by atoms with Gasteiger partial charge in [-0.25, -0.2) is 0 Å². The molecule has 1 aromatic carbocycles. The molecule has 3 heteroatoms. The summed E-state index contributed by atoms with van der Waals surface area (Å²) in [4.78, 5) is 0. The summed E-state index contributed by atoms with van der Waals surface area (Å²) in [5.74, 6) is 0.971. The maximum absolute atomic E-state index is 5.85. The van der Waals surface area contributed by atoms with Crippen LogP contribution in [0, 0.1) is 0 Å². The van der Waals surface area contributed by atoms with Gasteiger partial charge in [0.2, 0.25) is 0 Å². The van der Waals surface area contributed by atoms with Crippen molar-refractivity contribution in [3.8, 4) is 0 Å². The summed E-state index contributed by atoms with van der Waals surface area (Å²) >= 11 is 3.47. The zero-order chi connectivity index (χ0) is 13.1. The first-order valence-electron chi connectivity index (χ1n) is 6.16. The van der Waals surface area contributed by atoms with E-state index in [-0.39, 0.29) is 6.04 Å². The fourth-order valence-corrected chi connectivity index (χ4v) is 2.45. The third-order valence-corrected chi connectivity index (χ3v) is 3.47. The van der Waals surface area contributed by atoms with Crippen molar-refractivity contribution in [2.45, 2.75) is 32.4 Å². The lowest BCUT2D eigenvalue weighted by molar-refractivity contribution is 0.412. The zero-order valence-electron chi connectivity index (χ0n) is 10.7. The van der Waals surface area contributed by atoms with E-state index in [1.165, 1.54) is 0 Å². The van der Waals surface area contributed by atoms with Crippen molar-refractivity contribution in [2.75, 3.05) is 0 Å². The Hall–Kier alpha value is -1.06. The molecular formula is C15H18BrNO. The standard InChI is InChI=1S/C15H18BrNO/c1-4-5-10(2)17-11(3)15-9-12-8-13(16)6-7-14(12)18-15/h4,6-11,17H,1,5H2,2-3H3. The second-order valence-corrected chi connectivity index (χ2v) is 5.56. The van der Waals surface area contributed by atoms with Crippen LogP contribution in [0.2, 0.25) is 0 Å². The lowest BCUT2D eigenvalue weighted by Gasteiger charge is -2.16. The molecule has 0 spiro atoms. The Morgan fingerprint density at radius 3 is 2.89 bits per heavy atom. The van der Waals surface area contributed by atoms with Crippen LogP contribution in [0.15, 0.2) is 45.8 Å². The lowest BCUT2D eigenvalue weighted by atomic mass is 10.1. The van der Waals surface area contributed by atoms with Crippen molar-refractivity contribution in [2.24, 2.45) is 0 Å². The average Bonchev–Trinajstić information content (AvgIpc) is 2.72. The molecule has 0 radical (unpaired) electrons. The number of benzene rings is 1. The maximum atomic E-state index is 5.85. The number of hydrogen-bond donors (Lipinski definition) is 1. The quantitative estimate of drug-likeness (QED) is 0.802. The fraction of sp³-hybridized carbons (Fsp3) is 0.333. The Kier molecular flexibility index (Phi) is 4.25. The monoisotopic (exact) mass is 307 g/mol. The number of furan rings is 1. The number of hydrogen-bond acceptors (Lipinski definition) is 2. The summed E-state index contributed by atoms with van der Waals surface area (Å²) in [7, 11) is 0. The normalized spacial score (nSPS) is 14.6. The molecule has 18 heavy (non-hydrogen) atoms. The molecule has 0 saturated heterocycles. The van der Waals surface area contributed by atoms with Crippen molar-refractivity contribution in [3.05, 3.63) is 47.2 Å². The van der Waals surface area contributed by atoms with Crippen LogP contribution in [0.25, 0.3) is 11.0 Å². The SMILES string of the molecule is C=CCC(C)NC(C)c1cc2cc(Br)ccc2o1. The van der Waals surface area contributed by atoms with Gasteiger partial charge in [-0.3, -0.25) is 0 Å². The molecule has 0 aliphatic heterocycles. The molecule has 0 amide bonds. The van der Waals surface area contributed by atoms with E-state index in [9.17, 15) is 0 Å². The second-order valence-electron chi connectivity index (χ2n) is 4.64. The molecular weight excluding hydrogens is 290 g/mol. The number of halogens is 1. The van der Waals surface area contributed by atoms with Crippen LogP contribution < -0.4 is 5.32 Å². The van der Waals surface area contributed by atoms with Gasteiger partial charge >= 0.3 is 0 Å². The van der Waals surface area contributed by atoms with Gasteiger partial charge in [0.25, 0.3) is 0 Å². The van der Waals surface area contributed by atoms with Gasteiger partial charge in [0.15, 0.2) is 0 Å². The van der Waals surface area contributed by atoms with Crippen LogP contribution in [-0.4, -0.2) is 6.04 Å². The zero-order valence-corrected chi connectivity index (χ0v) is 12.3. The molecule has 0 saturated carbocycles. The van der Waals surface area contributed by atoms with E-state index in [0.717, 1.165) is 27.6 Å². The summed E-state index contributed by atoms with van der Waals surface area (Å²) in [5.41, 5.74) is 0.929. The van der Waals surface area contributed by atoms with Crippen molar-refractivity contribution in [3.63, 3.8) is 0 Å². The largest absolute Gasteiger partial charge is 0.459 e. The molecule has 1 N–H and O–H groups in total. The highest BCUT2D eigenvalue weighted by Gasteiger charge is 2.13. The van der Waals surface area contributed by atoms with E-state index in [0.29, 0.717) is 6.04 Å². The van der Waals surface area contributed by atoms with Crippen LogP contribution in [0.3, 0.4) is 0 Å². The van der Waals surface area contributed by atoms with E-state index in [4.69, 9.17) is 4.42 Å². The average molecular weight is 308 g/mol. The van der Waals surface area contributed by atoms with Crippen molar-refractivity contribution < 1.29 is 4.42 Å². The molecule has 1 heterocycles. The molecule has 0 aliphatic carbocycles. The fourth-order valence-electron chi connectivity index (χ4n) is 2.08. The Balaban J connectivity index is 2.17. The van der Waals surface area contributed by atoms with Crippen molar-refractivity contribution >= 4 is 26.9 Å². The first-order valence-corrected chi connectivity index (χ1v) is 6.95. The topological polar surface area (TPSA) is 25.2 Å². The molecule has 0 aliphatic rings. The van der Waals surface area contributed by atoms with E-state index in [2.05, 4.69) is 53.8 Å². The van der Waals surface area contributed by atoms with Crippen molar-refractivity contribution in [1.82, 2.24) is 5.32 Å². The van der Waals surface area contributed by atoms with Crippen LogP contribution in [0.5, 0.6) is 0 Å². The minimum Gasteiger partial charge on any atom is -0.459 e. The first kappa shape index (κ1) is 13.4. The summed E-state index contributed by atoms with van der Waals surface area (Å²) in [6.45, 7) is 8.02. The van der Waals surface area contributed by atoms with Gasteiger partial charge in [0.1, 0.15) is 11.3 Å². The highest BCUT2D eigenvalue weighted by Crippen LogP contribution is 2.26. The number of fused-ring (bicyclic) bond motifs is 1. The van der Waals surface area contributed by atoms with E-state index in [1.54, 1.807) is 0 Å². The summed E-state index contributed by atoms with van der Waals surface area (Å²) in [5, 5.41) is 4.62. The Morgan fingerprint density at radius 1 is 1.39 bits per heavy atom. The molecule has 2 unspecified atom stereocenters. The second kappa shape index (κ2) is 5.72. The minimum atomic E-state index is 0.200. The third kappa shape index (κ3) is 3.03.